The van der Waals surface area contributed by atoms with Crippen molar-refractivity contribution < 1.29 is 19.4 Å². The van der Waals surface area contributed by atoms with Crippen molar-refractivity contribution in [1.29, 1.82) is 0 Å². The third-order valence-electron chi connectivity index (χ3n) is 3.45. The minimum Gasteiger partial charge on any atom is -0.495 e. The molecule has 1 rings (SSSR count). The van der Waals surface area contributed by atoms with E-state index in [1.807, 2.05) is 6.92 Å². The van der Waals surface area contributed by atoms with E-state index in [9.17, 15) is 9.59 Å². The molecule has 1 aromatic rings. The van der Waals surface area contributed by atoms with Crippen LogP contribution in [-0.2, 0) is 9.59 Å². The number of benzene rings is 1. The Morgan fingerprint density at radius 3 is 2.52 bits per heavy atom. The number of hydrogen-bond donors (Lipinski definition) is 2. The fourth-order valence-corrected chi connectivity index (χ4v) is 2.27. The maximum absolute atomic E-state index is 12.1. The van der Waals surface area contributed by atoms with Crippen LogP contribution in [0.2, 0.25) is 5.02 Å². The molecule has 0 unspecified atom stereocenters. The Bertz CT molecular complexity index is 532. The molecule has 0 aliphatic rings. The first-order chi connectivity index (χ1) is 9.79. The summed E-state index contributed by atoms with van der Waals surface area (Å²) >= 11 is 5.99. The number of carbonyl (C=O) groups excluding carboxylic acids is 1. The molecule has 0 radical (unpaired) electrons. The van der Waals surface area contributed by atoms with Gasteiger partial charge in [-0.25, -0.2) is 0 Å². The highest BCUT2D eigenvalue weighted by Gasteiger charge is 2.28. The topological polar surface area (TPSA) is 75.6 Å². The number of hydrogen-bond acceptors (Lipinski definition) is 3. The molecule has 0 aliphatic carbocycles. The molecule has 1 atom stereocenters. The van der Waals surface area contributed by atoms with Gasteiger partial charge in [0.25, 0.3) is 0 Å². The minimum atomic E-state index is -0.903. The number of aliphatic carboxylic acids is 1. The second kappa shape index (κ2) is 7.31. The summed E-state index contributed by atoms with van der Waals surface area (Å²) in [6, 6.07) is 4.94. The van der Waals surface area contributed by atoms with Crippen LogP contribution in [0.25, 0.3) is 0 Å². The van der Waals surface area contributed by atoms with E-state index in [0.717, 1.165) is 0 Å². The molecular weight excluding hydrogens is 294 g/mol. The monoisotopic (exact) mass is 313 g/mol. The molecule has 6 heteroatoms. The van der Waals surface area contributed by atoms with E-state index in [1.54, 1.807) is 25.1 Å². The van der Waals surface area contributed by atoms with E-state index in [-0.39, 0.29) is 18.7 Å². The molecule has 116 valence electrons. The molecule has 0 heterocycles. The third-order valence-corrected chi connectivity index (χ3v) is 3.75. The summed E-state index contributed by atoms with van der Waals surface area (Å²) in [4.78, 5) is 22.9. The molecule has 0 spiro atoms. The number of rotatable bonds is 7. The van der Waals surface area contributed by atoms with E-state index in [1.165, 1.54) is 7.11 Å². The van der Waals surface area contributed by atoms with Gasteiger partial charge in [0.15, 0.2) is 0 Å². The standard InChI is InChI=1S/C15H20ClNO4/c1-4-15(2,9-14(19)20)8-13(18)17-10-5-6-12(21-3)11(16)7-10/h5-7H,4,8-9H2,1-3H3,(H,17,18)(H,19,20)/t15-/m1/s1. The quantitative estimate of drug-likeness (QED) is 0.807. The van der Waals surface area contributed by atoms with Crippen LogP contribution < -0.4 is 10.1 Å². The zero-order valence-corrected chi connectivity index (χ0v) is 13.2. The molecule has 0 saturated heterocycles. The highest BCUT2D eigenvalue weighted by Crippen LogP contribution is 2.31. The van der Waals surface area contributed by atoms with Crippen molar-refractivity contribution in [3.8, 4) is 5.75 Å². The number of methoxy groups -OCH3 is 1. The van der Waals surface area contributed by atoms with Crippen molar-refractivity contribution in [2.75, 3.05) is 12.4 Å². The average Bonchev–Trinajstić information content (AvgIpc) is 2.37. The van der Waals surface area contributed by atoms with Gasteiger partial charge < -0.3 is 15.2 Å². The highest BCUT2D eigenvalue weighted by atomic mass is 35.5. The van der Waals surface area contributed by atoms with Crippen molar-refractivity contribution in [2.24, 2.45) is 5.41 Å². The Labute approximate surface area is 129 Å². The van der Waals surface area contributed by atoms with Gasteiger partial charge in [0.2, 0.25) is 5.91 Å². The second-order valence-electron chi connectivity index (χ2n) is 5.31. The average molecular weight is 314 g/mol. The minimum absolute atomic E-state index is 0.0414. The van der Waals surface area contributed by atoms with E-state index in [0.29, 0.717) is 22.9 Å². The molecule has 1 aromatic carbocycles. The molecule has 0 aliphatic heterocycles. The summed E-state index contributed by atoms with van der Waals surface area (Å²) in [5.41, 5.74) is -0.00815. The zero-order chi connectivity index (χ0) is 16.0. The van der Waals surface area contributed by atoms with E-state index >= 15 is 0 Å². The van der Waals surface area contributed by atoms with Crippen molar-refractivity contribution in [2.45, 2.75) is 33.1 Å². The van der Waals surface area contributed by atoms with Crippen LogP contribution in [0.3, 0.4) is 0 Å². The van der Waals surface area contributed by atoms with Crippen molar-refractivity contribution in [3.63, 3.8) is 0 Å². The number of nitrogens with one attached hydrogen (secondary N) is 1. The fourth-order valence-electron chi connectivity index (χ4n) is 2.01. The third kappa shape index (κ3) is 5.27. The van der Waals surface area contributed by atoms with Gasteiger partial charge in [-0.05, 0) is 30.0 Å². The summed E-state index contributed by atoms with van der Waals surface area (Å²) in [7, 11) is 1.51. The maximum Gasteiger partial charge on any atom is 0.303 e. The first-order valence-corrected chi connectivity index (χ1v) is 7.02. The molecular formula is C15H20ClNO4. The van der Waals surface area contributed by atoms with Gasteiger partial charge in [-0.2, -0.15) is 0 Å². The number of carboxylic acid groups (broad SMARTS) is 1. The van der Waals surface area contributed by atoms with E-state index < -0.39 is 11.4 Å². The van der Waals surface area contributed by atoms with Gasteiger partial charge in [-0.3, -0.25) is 9.59 Å². The molecule has 0 aromatic heterocycles. The summed E-state index contributed by atoms with van der Waals surface area (Å²) in [5.74, 6) is -0.611. The number of halogens is 1. The lowest BCUT2D eigenvalue weighted by Gasteiger charge is -2.25. The lowest BCUT2D eigenvalue weighted by Crippen LogP contribution is -2.27. The first kappa shape index (κ1) is 17.3. The van der Waals surface area contributed by atoms with Gasteiger partial charge in [0.05, 0.1) is 18.6 Å². The van der Waals surface area contributed by atoms with Crippen molar-refractivity contribution in [3.05, 3.63) is 23.2 Å². The van der Waals surface area contributed by atoms with Crippen LogP contribution in [0.4, 0.5) is 5.69 Å². The molecule has 21 heavy (non-hydrogen) atoms. The summed E-state index contributed by atoms with van der Waals surface area (Å²) in [5, 5.41) is 12.0. The fraction of sp³-hybridized carbons (Fsp3) is 0.467. The Morgan fingerprint density at radius 1 is 1.38 bits per heavy atom. The van der Waals surface area contributed by atoms with Crippen LogP contribution in [0.15, 0.2) is 18.2 Å². The molecule has 2 N–H and O–H groups in total. The number of amides is 1. The number of carboxylic acids is 1. The van der Waals surface area contributed by atoms with Crippen LogP contribution in [0, 0.1) is 5.41 Å². The Balaban J connectivity index is 2.72. The van der Waals surface area contributed by atoms with Gasteiger partial charge in [0.1, 0.15) is 5.75 Å². The first-order valence-electron chi connectivity index (χ1n) is 6.65. The van der Waals surface area contributed by atoms with Crippen molar-refractivity contribution >= 4 is 29.2 Å². The van der Waals surface area contributed by atoms with Crippen LogP contribution in [0.1, 0.15) is 33.1 Å². The lowest BCUT2D eigenvalue weighted by atomic mass is 9.80. The Hall–Kier alpha value is -1.75. The normalized spacial score (nSPS) is 13.3. The Morgan fingerprint density at radius 2 is 2.05 bits per heavy atom. The summed E-state index contributed by atoms with van der Waals surface area (Å²) in [6.07, 6.45) is 0.704. The summed E-state index contributed by atoms with van der Waals surface area (Å²) in [6.45, 7) is 3.67. The zero-order valence-electron chi connectivity index (χ0n) is 12.4. The maximum atomic E-state index is 12.1. The van der Waals surface area contributed by atoms with Gasteiger partial charge in [-0.1, -0.05) is 25.4 Å². The number of carbonyl (C=O) groups is 2. The van der Waals surface area contributed by atoms with Crippen LogP contribution in [0.5, 0.6) is 5.75 Å². The lowest BCUT2D eigenvalue weighted by molar-refractivity contribution is -0.140. The van der Waals surface area contributed by atoms with Gasteiger partial charge in [-0.15, -0.1) is 0 Å². The van der Waals surface area contributed by atoms with E-state index in [4.69, 9.17) is 21.4 Å². The van der Waals surface area contributed by atoms with Crippen molar-refractivity contribution in [1.82, 2.24) is 0 Å². The molecule has 0 bridgehead atoms. The van der Waals surface area contributed by atoms with Crippen LogP contribution in [-0.4, -0.2) is 24.1 Å². The predicted octanol–water partition coefficient (Wildman–Crippen LogP) is 3.57. The SMILES string of the molecule is CC[C@@](C)(CC(=O)O)CC(=O)Nc1ccc(OC)c(Cl)c1. The van der Waals surface area contributed by atoms with Gasteiger partial charge in [0, 0.05) is 12.1 Å². The van der Waals surface area contributed by atoms with Gasteiger partial charge >= 0.3 is 5.97 Å². The molecule has 0 fully saturated rings. The smallest absolute Gasteiger partial charge is 0.303 e. The second-order valence-corrected chi connectivity index (χ2v) is 5.72. The largest absolute Gasteiger partial charge is 0.495 e. The number of anilines is 1. The highest BCUT2D eigenvalue weighted by molar-refractivity contribution is 6.32. The Kier molecular flexibility index (Phi) is 6.03. The van der Waals surface area contributed by atoms with E-state index in [2.05, 4.69) is 5.32 Å². The summed E-state index contributed by atoms with van der Waals surface area (Å²) < 4.78 is 5.04. The predicted molar refractivity (Wildman–Crippen MR) is 81.9 cm³/mol. The van der Waals surface area contributed by atoms with Crippen LogP contribution >= 0.6 is 11.6 Å². The molecule has 1 amide bonds. The molecule has 0 saturated carbocycles. The molecule has 5 nitrogen and oxygen atoms in total. The number of ether oxygens (including phenoxy) is 1.